The highest BCUT2D eigenvalue weighted by Gasteiger charge is 2.24. The Labute approximate surface area is 128 Å². The van der Waals surface area contributed by atoms with Crippen LogP contribution in [0.3, 0.4) is 0 Å². The minimum absolute atomic E-state index is 0.131. The Balaban J connectivity index is 2.56. The van der Waals surface area contributed by atoms with Crippen molar-refractivity contribution in [3.63, 3.8) is 0 Å². The molecule has 0 bridgehead atoms. The first kappa shape index (κ1) is 15.2. The van der Waals surface area contributed by atoms with E-state index in [1.165, 1.54) is 0 Å². The van der Waals surface area contributed by atoms with E-state index in [1.54, 1.807) is 24.1 Å². The number of aromatic nitrogens is 2. The van der Waals surface area contributed by atoms with Gasteiger partial charge in [-0.3, -0.25) is 4.68 Å². The highest BCUT2D eigenvalue weighted by molar-refractivity contribution is 6.42. The normalized spacial score (nSPS) is 12.4. The average Bonchev–Trinajstić information content (AvgIpc) is 2.81. The second kappa shape index (κ2) is 6.48. The maximum Gasteiger partial charge on any atom is 0.161 e. The van der Waals surface area contributed by atoms with E-state index in [4.69, 9.17) is 27.9 Å². The SMILES string of the molecule is CCNC(c1cccc(Cl)c1Cl)c1c(OC)cnn1C. The molecule has 2 rings (SSSR count). The summed E-state index contributed by atoms with van der Waals surface area (Å²) in [6, 6.07) is 5.48. The summed E-state index contributed by atoms with van der Waals surface area (Å²) >= 11 is 12.5. The molecule has 0 saturated carbocycles. The maximum atomic E-state index is 6.35. The molecule has 108 valence electrons. The van der Waals surface area contributed by atoms with Gasteiger partial charge in [-0.05, 0) is 18.2 Å². The monoisotopic (exact) mass is 313 g/mol. The first-order valence-corrected chi connectivity index (χ1v) is 7.08. The Bertz CT molecular complexity index is 598. The van der Waals surface area contributed by atoms with Crippen molar-refractivity contribution in [3.05, 3.63) is 45.7 Å². The molecule has 0 fully saturated rings. The zero-order chi connectivity index (χ0) is 14.7. The number of aryl methyl sites for hydroxylation is 1. The quantitative estimate of drug-likeness (QED) is 0.919. The van der Waals surface area contributed by atoms with Crippen molar-refractivity contribution >= 4 is 23.2 Å². The van der Waals surface area contributed by atoms with Gasteiger partial charge in [-0.1, -0.05) is 42.3 Å². The zero-order valence-electron chi connectivity index (χ0n) is 11.7. The number of rotatable bonds is 5. The molecule has 1 aromatic heterocycles. The molecule has 1 aromatic carbocycles. The van der Waals surface area contributed by atoms with Gasteiger partial charge in [-0.25, -0.2) is 0 Å². The molecule has 1 unspecified atom stereocenters. The van der Waals surface area contributed by atoms with Crippen LogP contribution in [0.2, 0.25) is 10.0 Å². The van der Waals surface area contributed by atoms with E-state index in [0.29, 0.717) is 10.0 Å². The smallest absolute Gasteiger partial charge is 0.161 e. The molecule has 1 N–H and O–H groups in total. The van der Waals surface area contributed by atoms with E-state index in [1.807, 2.05) is 26.1 Å². The number of nitrogens with one attached hydrogen (secondary N) is 1. The van der Waals surface area contributed by atoms with E-state index in [9.17, 15) is 0 Å². The lowest BCUT2D eigenvalue weighted by molar-refractivity contribution is 0.401. The predicted octanol–water partition coefficient (Wildman–Crippen LogP) is 3.43. The molecule has 4 nitrogen and oxygen atoms in total. The van der Waals surface area contributed by atoms with Gasteiger partial charge >= 0.3 is 0 Å². The Hall–Kier alpha value is -1.23. The summed E-state index contributed by atoms with van der Waals surface area (Å²) in [5.74, 6) is 0.717. The van der Waals surface area contributed by atoms with Crippen molar-refractivity contribution in [2.45, 2.75) is 13.0 Å². The van der Waals surface area contributed by atoms with Gasteiger partial charge in [-0.2, -0.15) is 5.10 Å². The summed E-state index contributed by atoms with van der Waals surface area (Å²) in [4.78, 5) is 0. The van der Waals surface area contributed by atoms with E-state index < -0.39 is 0 Å². The van der Waals surface area contributed by atoms with Gasteiger partial charge in [0, 0.05) is 7.05 Å². The second-order valence-corrected chi connectivity index (χ2v) is 5.14. The molecule has 6 heteroatoms. The van der Waals surface area contributed by atoms with Crippen molar-refractivity contribution in [3.8, 4) is 5.75 Å². The lowest BCUT2D eigenvalue weighted by atomic mass is 10.0. The molecule has 20 heavy (non-hydrogen) atoms. The largest absolute Gasteiger partial charge is 0.493 e. The third-order valence-electron chi connectivity index (χ3n) is 3.14. The number of halogens is 2. The molecule has 0 amide bonds. The zero-order valence-corrected chi connectivity index (χ0v) is 13.2. The summed E-state index contributed by atoms with van der Waals surface area (Å²) in [5.41, 5.74) is 1.82. The fourth-order valence-corrected chi connectivity index (χ4v) is 2.63. The summed E-state index contributed by atoms with van der Waals surface area (Å²) in [6.07, 6.45) is 1.69. The standard InChI is InChI=1S/C14H17Cl2N3O/c1-4-17-13(9-6-5-7-10(15)12(9)16)14-11(20-3)8-18-19(14)2/h5-8,13,17H,4H2,1-3H3. The molecule has 1 atom stereocenters. The molecular formula is C14H17Cl2N3O. The Morgan fingerprint density at radius 2 is 2.15 bits per heavy atom. The van der Waals surface area contributed by atoms with E-state index >= 15 is 0 Å². The van der Waals surface area contributed by atoms with Crippen molar-refractivity contribution in [2.75, 3.05) is 13.7 Å². The van der Waals surface area contributed by atoms with Crippen LogP contribution in [0.1, 0.15) is 24.2 Å². The first-order valence-electron chi connectivity index (χ1n) is 6.33. The summed E-state index contributed by atoms with van der Waals surface area (Å²) in [7, 11) is 3.50. The van der Waals surface area contributed by atoms with Crippen molar-refractivity contribution in [2.24, 2.45) is 7.05 Å². The van der Waals surface area contributed by atoms with Crippen LogP contribution in [-0.2, 0) is 7.05 Å². The summed E-state index contributed by atoms with van der Waals surface area (Å²) < 4.78 is 7.17. The van der Waals surface area contributed by atoms with Crippen LogP contribution in [0.25, 0.3) is 0 Å². The number of benzene rings is 1. The van der Waals surface area contributed by atoms with Gasteiger partial charge < -0.3 is 10.1 Å². The molecule has 0 aliphatic rings. The highest BCUT2D eigenvalue weighted by Crippen LogP contribution is 2.36. The fourth-order valence-electron chi connectivity index (χ4n) is 2.21. The highest BCUT2D eigenvalue weighted by atomic mass is 35.5. The van der Waals surface area contributed by atoms with Crippen LogP contribution < -0.4 is 10.1 Å². The van der Waals surface area contributed by atoms with Crippen LogP contribution >= 0.6 is 23.2 Å². The third kappa shape index (κ3) is 2.77. The number of hydrogen-bond donors (Lipinski definition) is 1. The van der Waals surface area contributed by atoms with Gasteiger partial charge in [0.15, 0.2) is 5.75 Å². The average molecular weight is 314 g/mol. The lowest BCUT2D eigenvalue weighted by Crippen LogP contribution is -2.25. The topological polar surface area (TPSA) is 39.1 Å². The van der Waals surface area contributed by atoms with Crippen LogP contribution in [-0.4, -0.2) is 23.4 Å². The van der Waals surface area contributed by atoms with Gasteiger partial charge in [0.1, 0.15) is 5.69 Å². The van der Waals surface area contributed by atoms with E-state index in [-0.39, 0.29) is 6.04 Å². The van der Waals surface area contributed by atoms with Gasteiger partial charge in [0.2, 0.25) is 0 Å². The maximum absolute atomic E-state index is 6.35. The van der Waals surface area contributed by atoms with Gasteiger partial charge in [0.25, 0.3) is 0 Å². The number of nitrogens with zero attached hydrogens (tertiary/aromatic N) is 2. The summed E-state index contributed by atoms with van der Waals surface area (Å²) in [6.45, 7) is 2.82. The molecule has 0 aliphatic heterocycles. The minimum Gasteiger partial charge on any atom is -0.493 e. The van der Waals surface area contributed by atoms with Crippen LogP contribution in [0, 0.1) is 0 Å². The Morgan fingerprint density at radius 1 is 1.40 bits per heavy atom. The molecule has 2 aromatic rings. The lowest BCUT2D eigenvalue weighted by Gasteiger charge is -2.21. The number of ether oxygens (including phenoxy) is 1. The first-order chi connectivity index (χ1) is 9.60. The fraction of sp³-hybridized carbons (Fsp3) is 0.357. The van der Waals surface area contributed by atoms with Crippen molar-refractivity contribution in [1.82, 2.24) is 15.1 Å². The predicted molar refractivity (Wildman–Crippen MR) is 81.7 cm³/mol. The Morgan fingerprint density at radius 3 is 2.80 bits per heavy atom. The van der Waals surface area contributed by atoms with Crippen molar-refractivity contribution in [1.29, 1.82) is 0 Å². The second-order valence-electron chi connectivity index (χ2n) is 4.36. The van der Waals surface area contributed by atoms with Crippen LogP contribution in [0.4, 0.5) is 0 Å². The molecule has 1 heterocycles. The minimum atomic E-state index is -0.131. The van der Waals surface area contributed by atoms with E-state index in [2.05, 4.69) is 10.4 Å². The van der Waals surface area contributed by atoms with Crippen LogP contribution in [0.15, 0.2) is 24.4 Å². The molecule has 0 radical (unpaired) electrons. The van der Waals surface area contributed by atoms with Gasteiger partial charge in [-0.15, -0.1) is 0 Å². The van der Waals surface area contributed by atoms with Crippen molar-refractivity contribution < 1.29 is 4.74 Å². The molecule has 0 spiro atoms. The molecular weight excluding hydrogens is 297 g/mol. The third-order valence-corrected chi connectivity index (χ3v) is 3.98. The number of methoxy groups -OCH3 is 1. The van der Waals surface area contributed by atoms with Crippen LogP contribution in [0.5, 0.6) is 5.75 Å². The van der Waals surface area contributed by atoms with E-state index in [0.717, 1.165) is 23.6 Å². The number of hydrogen-bond acceptors (Lipinski definition) is 3. The van der Waals surface area contributed by atoms with Gasteiger partial charge in [0.05, 0.1) is 29.4 Å². The molecule has 0 saturated heterocycles. The summed E-state index contributed by atoms with van der Waals surface area (Å²) in [5, 5.41) is 8.72. The molecule has 0 aliphatic carbocycles. The Kier molecular flexibility index (Phi) is 4.91.